The third kappa shape index (κ3) is 3.26. The second-order valence-corrected chi connectivity index (χ2v) is 4.53. The Kier molecular flexibility index (Phi) is 5.07. The number of carbonyl (C=O) groups excluding carboxylic acids is 1. The molecule has 0 bridgehead atoms. The third-order valence-corrected chi connectivity index (χ3v) is 3.70. The number of alkyl halides is 1. The highest BCUT2D eigenvalue weighted by Crippen LogP contribution is 2.32. The van der Waals surface area contributed by atoms with Gasteiger partial charge in [-0.3, -0.25) is 14.9 Å². The van der Waals surface area contributed by atoms with Gasteiger partial charge in [0.05, 0.1) is 22.9 Å². The van der Waals surface area contributed by atoms with Crippen molar-refractivity contribution in [2.75, 3.05) is 7.11 Å². The van der Waals surface area contributed by atoms with Crippen molar-refractivity contribution in [1.29, 1.82) is 0 Å². The minimum atomic E-state index is -0.497. The van der Waals surface area contributed by atoms with Gasteiger partial charge in [-0.25, -0.2) is 0 Å². The molecule has 0 unspecified atom stereocenters. The quantitative estimate of drug-likeness (QED) is 0.355. The molecule has 92 valence electrons. The molecule has 0 aliphatic carbocycles. The van der Waals surface area contributed by atoms with Gasteiger partial charge in [-0.15, -0.1) is 0 Å². The molecule has 0 fully saturated rings. The van der Waals surface area contributed by atoms with Crippen LogP contribution in [0.3, 0.4) is 0 Å². The molecule has 0 atom stereocenters. The van der Waals surface area contributed by atoms with Crippen LogP contribution in [-0.4, -0.2) is 18.0 Å². The Balaban J connectivity index is 3.27. The summed E-state index contributed by atoms with van der Waals surface area (Å²) in [6.45, 7) is 0. The zero-order valence-electron chi connectivity index (χ0n) is 8.91. The molecule has 1 aromatic rings. The van der Waals surface area contributed by atoms with Crippen LogP contribution in [-0.2, 0) is 21.3 Å². The molecule has 1 aromatic carbocycles. The Morgan fingerprint density at radius 2 is 2.18 bits per heavy atom. The molecule has 0 saturated heterocycles. The van der Waals surface area contributed by atoms with Gasteiger partial charge in [-0.2, -0.15) is 0 Å². The van der Waals surface area contributed by atoms with Gasteiger partial charge < -0.3 is 4.74 Å². The zero-order chi connectivity index (χ0) is 13.0. The van der Waals surface area contributed by atoms with Gasteiger partial charge in [0, 0.05) is 11.4 Å². The monoisotopic (exact) mass is 365 g/mol. The number of hydrogen-bond donors (Lipinski definition) is 0. The summed E-state index contributed by atoms with van der Waals surface area (Å²) in [5, 5.41) is 11.3. The molecule has 7 heteroatoms. The molecule has 0 aliphatic heterocycles. The van der Waals surface area contributed by atoms with Gasteiger partial charge in [0.1, 0.15) is 0 Å². The van der Waals surface area contributed by atoms with Gasteiger partial charge in [0.2, 0.25) is 0 Å². The minimum absolute atomic E-state index is 0.000301. The van der Waals surface area contributed by atoms with Crippen LogP contribution in [0.4, 0.5) is 5.69 Å². The SMILES string of the molecule is COC(=O)Cc1c(CBr)ccc([N+](=O)[O-])c1Br. The normalized spacial score (nSPS) is 10.1. The Hall–Kier alpha value is -0.950. The van der Waals surface area contributed by atoms with E-state index in [9.17, 15) is 14.9 Å². The summed E-state index contributed by atoms with van der Waals surface area (Å²) in [6, 6.07) is 3.03. The Morgan fingerprint density at radius 1 is 1.53 bits per heavy atom. The lowest BCUT2D eigenvalue weighted by Gasteiger charge is -2.09. The summed E-state index contributed by atoms with van der Waals surface area (Å²) < 4.78 is 4.89. The van der Waals surface area contributed by atoms with E-state index in [0.717, 1.165) is 5.56 Å². The van der Waals surface area contributed by atoms with E-state index < -0.39 is 10.9 Å². The summed E-state index contributed by atoms with van der Waals surface area (Å²) in [4.78, 5) is 21.5. The molecule has 0 saturated carbocycles. The van der Waals surface area contributed by atoms with E-state index >= 15 is 0 Å². The average Bonchev–Trinajstić information content (AvgIpc) is 2.30. The van der Waals surface area contributed by atoms with E-state index in [0.29, 0.717) is 15.4 Å². The summed E-state index contributed by atoms with van der Waals surface area (Å²) in [5.41, 5.74) is 1.32. The highest BCUT2D eigenvalue weighted by molar-refractivity contribution is 9.10. The summed E-state index contributed by atoms with van der Waals surface area (Å²) in [7, 11) is 1.28. The van der Waals surface area contributed by atoms with Gasteiger partial charge >= 0.3 is 5.97 Å². The molecule has 0 aliphatic rings. The molecular weight excluding hydrogens is 358 g/mol. The van der Waals surface area contributed by atoms with Crippen LogP contribution in [0.25, 0.3) is 0 Å². The van der Waals surface area contributed by atoms with Crippen LogP contribution in [0.2, 0.25) is 0 Å². The van der Waals surface area contributed by atoms with Crippen LogP contribution in [0, 0.1) is 10.1 Å². The van der Waals surface area contributed by atoms with Gasteiger partial charge in [-0.05, 0) is 27.1 Å². The van der Waals surface area contributed by atoms with Crippen molar-refractivity contribution in [3.05, 3.63) is 37.8 Å². The molecule has 0 amide bonds. The average molecular weight is 367 g/mol. The Morgan fingerprint density at radius 3 is 2.65 bits per heavy atom. The number of benzene rings is 1. The number of esters is 1. The summed E-state index contributed by atoms with van der Waals surface area (Å²) in [5.74, 6) is -0.437. The number of nitro groups is 1. The van der Waals surface area contributed by atoms with E-state index in [1.807, 2.05) is 0 Å². The largest absolute Gasteiger partial charge is 0.469 e. The number of nitro benzene ring substituents is 1. The number of ether oxygens (including phenoxy) is 1. The predicted octanol–water partition coefficient (Wildman–Crippen LogP) is 2.97. The number of methoxy groups -OCH3 is 1. The molecule has 0 aromatic heterocycles. The lowest BCUT2D eigenvalue weighted by atomic mass is 10.0. The molecule has 0 N–H and O–H groups in total. The van der Waals surface area contributed by atoms with Crippen LogP contribution >= 0.6 is 31.9 Å². The second kappa shape index (κ2) is 6.11. The fourth-order valence-electron chi connectivity index (χ4n) is 1.32. The molecule has 5 nitrogen and oxygen atoms in total. The molecule has 0 spiro atoms. The minimum Gasteiger partial charge on any atom is -0.469 e. The lowest BCUT2D eigenvalue weighted by molar-refractivity contribution is -0.385. The maximum absolute atomic E-state index is 11.3. The van der Waals surface area contributed by atoms with Gasteiger partial charge in [0.15, 0.2) is 0 Å². The summed E-state index contributed by atoms with van der Waals surface area (Å²) in [6.07, 6.45) is -0.000301. The Labute approximate surface area is 115 Å². The van der Waals surface area contributed by atoms with Crippen LogP contribution in [0.1, 0.15) is 11.1 Å². The van der Waals surface area contributed by atoms with E-state index in [1.165, 1.54) is 13.2 Å². The summed E-state index contributed by atoms with van der Waals surface area (Å²) >= 11 is 6.43. The van der Waals surface area contributed by atoms with Crippen molar-refractivity contribution in [3.8, 4) is 0 Å². The van der Waals surface area contributed by atoms with Crippen molar-refractivity contribution in [1.82, 2.24) is 0 Å². The van der Waals surface area contributed by atoms with Gasteiger partial charge in [-0.1, -0.05) is 22.0 Å². The first kappa shape index (κ1) is 14.1. The van der Waals surface area contributed by atoms with Crippen molar-refractivity contribution < 1.29 is 14.5 Å². The van der Waals surface area contributed by atoms with Crippen molar-refractivity contribution in [3.63, 3.8) is 0 Å². The number of hydrogen-bond acceptors (Lipinski definition) is 4. The fraction of sp³-hybridized carbons (Fsp3) is 0.300. The zero-order valence-corrected chi connectivity index (χ0v) is 12.1. The molecule has 1 rings (SSSR count). The second-order valence-electron chi connectivity index (χ2n) is 3.18. The Bertz CT molecular complexity index is 462. The topological polar surface area (TPSA) is 69.4 Å². The molecule has 0 heterocycles. The van der Waals surface area contributed by atoms with Crippen molar-refractivity contribution >= 4 is 43.5 Å². The van der Waals surface area contributed by atoms with E-state index in [-0.39, 0.29) is 12.1 Å². The van der Waals surface area contributed by atoms with E-state index in [4.69, 9.17) is 0 Å². The third-order valence-electron chi connectivity index (χ3n) is 2.21. The molecule has 0 radical (unpaired) electrons. The predicted molar refractivity (Wildman–Crippen MR) is 69.1 cm³/mol. The molecule has 17 heavy (non-hydrogen) atoms. The first-order valence-electron chi connectivity index (χ1n) is 4.58. The van der Waals surface area contributed by atoms with Crippen LogP contribution in [0.15, 0.2) is 16.6 Å². The molecular formula is C10H9Br2NO4. The van der Waals surface area contributed by atoms with Gasteiger partial charge in [0.25, 0.3) is 5.69 Å². The van der Waals surface area contributed by atoms with Crippen LogP contribution < -0.4 is 0 Å². The maximum Gasteiger partial charge on any atom is 0.310 e. The first-order valence-corrected chi connectivity index (χ1v) is 6.50. The highest BCUT2D eigenvalue weighted by Gasteiger charge is 2.20. The first-order chi connectivity index (χ1) is 8.01. The maximum atomic E-state index is 11.3. The smallest absolute Gasteiger partial charge is 0.310 e. The fourth-order valence-corrected chi connectivity index (χ4v) is 2.52. The number of rotatable bonds is 4. The lowest BCUT2D eigenvalue weighted by Crippen LogP contribution is -2.08. The highest BCUT2D eigenvalue weighted by atomic mass is 79.9. The van der Waals surface area contributed by atoms with Crippen molar-refractivity contribution in [2.24, 2.45) is 0 Å². The van der Waals surface area contributed by atoms with Crippen molar-refractivity contribution in [2.45, 2.75) is 11.8 Å². The number of carbonyl (C=O) groups is 1. The number of halogens is 2. The van der Waals surface area contributed by atoms with E-state index in [2.05, 4.69) is 36.6 Å². The number of nitrogens with zero attached hydrogens (tertiary/aromatic N) is 1. The van der Waals surface area contributed by atoms with Crippen LogP contribution in [0.5, 0.6) is 0 Å². The van der Waals surface area contributed by atoms with E-state index in [1.54, 1.807) is 6.07 Å². The standard InChI is InChI=1S/C10H9Br2NO4/c1-17-9(14)4-7-6(5-11)2-3-8(10(7)12)13(15)16/h2-3H,4-5H2,1H3.